The molecule has 0 aliphatic heterocycles. The summed E-state index contributed by atoms with van der Waals surface area (Å²) in [5.74, 6) is 0. The van der Waals surface area contributed by atoms with Crippen LogP contribution in [0.5, 0.6) is 0 Å². The van der Waals surface area contributed by atoms with Crippen molar-refractivity contribution >= 4 is 64.0 Å². The van der Waals surface area contributed by atoms with Crippen molar-refractivity contribution in [3.05, 3.63) is 58.6 Å². The molecule has 0 saturated carbocycles. The van der Waals surface area contributed by atoms with Crippen molar-refractivity contribution in [2.45, 2.75) is 0 Å². The average molecular weight is 318 g/mol. The second-order valence-electron chi connectivity index (χ2n) is 3.50. The van der Waals surface area contributed by atoms with E-state index in [9.17, 15) is 0 Å². The Morgan fingerprint density at radius 1 is 0.647 bits per heavy atom. The fraction of sp³-hybridized carbons (Fsp3) is 0. The molecule has 5 heteroatoms. The molecule has 0 aliphatic carbocycles. The van der Waals surface area contributed by atoms with Gasteiger partial charge < -0.3 is 24.5 Å². The quantitative estimate of drug-likeness (QED) is 0.609. The molecule has 0 radical (unpaired) electrons. The molecule has 0 saturated heterocycles. The van der Waals surface area contributed by atoms with Gasteiger partial charge in [-0.25, -0.2) is 0 Å². The van der Waals surface area contributed by atoms with Crippen LogP contribution in [-0.4, -0.2) is 0 Å². The molecule has 17 heavy (non-hydrogen) atoms. The molecular formula is C12H8Cl2PS2-. The zero-order valence-corrected chi connectivity index (χ0v) is 12.7. The summed E-state index contributed by atoms with van der Waals surface area (Å²) in [4.78, 5) is 0. The standard InChI is InChI=1S/C12H9Cl2PS2/c13-9-1-5-11(6-2-9)15(16,17)12-7-3-10(14)4-8-12/h1-8H,(H,16,17)/p-1. The number of halogens is 2. The van der Waals surface area contributed by atoms with Crippen molar-refractivity contribution in [3.8, 4) is 0 Å². The predicted octanol–water partition coefficient (Wildman–Crippen LogP) is 3.89. The molecule has 2 aromatic carbocycles. The molecule has 0 nitrogen and oxygen atoms in total. The van der Waals surface area contributed by atoms with Gasteiger partial charge in [-0.2, -0.15) is 5.67 Å². The van der Waals surface area contributed by atoms with Crippen LogP contribution >= 0.6 is 28.9 Å². The van der Waals surface area contributed by atoms with Crippen LogP contribution in [0.25, 0.3) is 0 Å². The number of rotatable bonds is 2. The smallest absolute Gasteiger partial charge is 0.0566 e. The van der Waals surface area contributed by atoms with E-state index in [4.69, 9.17) is 47.7 Å². The Morgan fingerprint density at radius 2 is 0.941 bits per heavy atom. The first-order valence-electron chi connectivity index (χ1n) is 4.83. The Kier molecular flexibility index (Phi) is 4.33. The molecule has 88 valence electrons. The average Bonchev–Trinajstić information content (AvgIpc) is 2.30. The van der Waals surface area contributed by atoms with Gasteiger partial charge in [0.2, 0.25) is 0 Å². The van der Waals surface area contributed by atoms with E-state index in [1.807, 2.05) is 48.5 Å². The van der Waals surface area contributed by atoms with Crippen molar-refractivity contribution in [1.82, 2.24) is 0 Å². The van der Waals surface area contributed by atoms with Crippen molar-refractivity contribution in [3.63, 3.8) is 0 Å². The Labute approximate surface area is 122 Å². The lowest BCUT2D eigenvalue weighted by molar-refractivity contribution is 1.75. The molecule has 0 aromatic heterocycles. The van der Waals surface area contributed by atoms with Gasteiger partial charge in [0.15, 0.2) is 0 Å². The Balaban J connectivity index is 2.41. The Bertz CT molecular complexity index is 462. The third-order valence-electron chi connectivity index (χ3n) is 2.33. The Hall–Kier alpha value is 0.150. The molecule has 0 N–H and O–H groups in total. The molecule has 0 heterocycles. The summed E-state index contributed by atoms with van der Waals surface area (Å²) in [6.07, 6.45) is 0. The van der Waals surface area contributed by atoms with E-state index >= 15 is 0 Å². The Morgan fingerprint density at radius 3 is 1.24 bits per heavy atom. The minimum atomic E-state index is -2.14. The SMILES string of the molecule is [S-][P+]([S-])(c1ccc(Cl)cc1)c1ccc(Cl)cc1. The van der Waals surface area contributed by atoms with Gasteiger partial charge >= 0.3 is 0 Å². The molecule has 0 unspecified atom stereocenters. The minimum Gasteiger partial charge on any atom is -0.568 e. The number of hydrogen-bond acceptors (Lipinski definition) is 2. The van der Waals surface area contributed by atoms with Crippen molar-refractivity contribution in [2.24, 2.45) is 0 Å². The lowest BCUT2D eigenvalue weighted by Gasteiger charge is -2.39. The number of benzene rings is 2. The number of hydrogen-bond donors (Lipinski definition) is 0. The van der Waals surface area contributed by atoms with Gasteiger partial charge in [0.1, 0.15) is 0 Å². The second-order valence-corrected chi connectivity index (χ2v) is 10.5. The summed E-state index contributed by atoms with van der Waals surface area (Å²) in [7, 11) is 0. The summed E-state index contributed by atoms with van der Waals surface area (Å²) >= 11 is 22.9. The third-order valence-corrected chi connectivity index (χ3v) is 7.32. The topological polar surface area (TPSA) is 0 Å². The zero-order chi connectivity index (χ0) is 12.5. The minimum absolute atomic E-state index is 0.690. The summed E-state index contributed by atoms with van der Waals surface area (Å²) in [5.41, 5.74) is -2.14. The van der Waals surface area contributed by atoms with E-state index in [1.54, 1.807) is 0 Å². The molecule has 0 fully saturated rings. The maximum Gasteiger partial charge on any atom is 0.0566 e. The van der Waals surface area contributed by atoms with Gasteiger partial charge in [0, 0.05) is 10.0 Å². The monoisotopic (exact) mass is 317 g/mol. The largest absolute Gasteiger partial charge is 0.568 e. The lowest BCUT2D eigenvalue weighted by atomic mass is 10.4. The highest BCUT2D eigenvalue weighted by Gasteiger charge is 2.14. The van der Waals surface area contributed by atoms with Gasteiger partial charge in [0.05, 0.1) is 10.6 Å². The highest BCUT2D eigenvalue weighted by Crippen LogP contribution is 2.51. The van der Waals surface area contributed by atoms with Crippen LogP contribution in [0, 0.1) is 0 Å². The van der Waals surface area contributed by atoms with Crippen molar-refractivity contribution in [2.75, 3.05) is 0 Å². The van der Waals surface area contributed by atoms with Crippen LogP contribution in [0.4, 0.5) is 0 Å². The molecule has 2 aromatic rings. The van der Waals surface area contributed by atoms with Crippen molar-refractivity contribution in [1.29, 1.82) is 0 Å². The normalized spacial score (nSPS) is 11.5. The van der Waals surface area contributed by atoms with Gasteiger partial charge in [-0.05, 0) is 48.5 Å². The summed E-state index contributed by atoms with van der Waals surface area (Å²) in [6, 6.07) is 14.9. The van der Waals surface area contributed by atoms with Crippen LogP contribution in [0.2, 0.25) is 10.0 Å². The van der Waals surface area contributed by atoms with Crippen molar-refractivity contribution < 1.29 is 0 Å². The van der Waals surface area contributed by atoms with Gasteiger partial charge in [-0.15, -0.1) is 0 Å². The molecule has 0 atom stereocenters. The molecule has 0 amide bonds. The van der Waals surface area contributed by atoms with Crippen LogP contribution in [-0.2, 0) is 24.5 Å². The lowest BCUT2D eigenvalue weighted by Crippen LogP contribution is -2.17. The molecule has 0 bridgehead atoms. The molecular weight excluding hydrogens is 310 g/mol. The van der Waals surface area contributed by atoms with Crippen LogP contribution in [0.1, 0.15) is 0 Å². The predicted molar refractivity (Wildman–Crippen MR) is 83.8 cm³/mol. The molecule has 2 rings (SSSR count). The summed E-state index contributed by atoms with van der Waals surface area (Å²) < 4.78 is 0. The van der Waals surface area contributed by atoms with Gasteiger partial charge in [-0.3, -0.25) is 0 Å². The fourth-order valence-electron chi connectivity index (χ4n) is 1.42. The zero-order valence-electron chi connectivity index (χ0n) is 8.64. The summed E-state index contributed by atoms with van der Waals surface area (Å²) in [5, 5.41) is 3.34. The van der Waals surface area contributed by atoms with E-state index in [0.717, 1.165) is 10.6 Å². The fourth-order valence-corrected chi connectivity index (χ4v) is 4.52. The maximum atomic E-state index is 5.86. The van der Waals surface area contributed by atoms with E-state index in [1.165, 1.54) is 0 Å². The highest BCUT2D eigenvalue weighted by atomic mass is 35.5. The van der Waals surface area contributed by atoms with Crippen LogP contribution < -0.4 is 10.6 Å². The van der Waals surface area contributed by atoms with E-state index < -0.39 is 5.67 Å². The first-order chi connectivity index (χ1) is 8.00. The highest BCUT2D eigenvalue weighted by molar-refractivity contribution is 8.78. The second kappa shape index (κ2) is 5.42. The van der Waals surface area contributed by atoms with Crippen LogP contribution in [0.3, 0.4) is 0 Å². The molecule has 0 aliphatic rings. The van der Waals surface area contributed by atoms with E-state index in [0.29, 0.717) is 10.0 Å². The maximum absolute atomic E-state index is 5.86. The van der Waals surface area contributed by atoms with Gasteiger partial charge in [0.25, 0.3) is 0 Å². The third kappa shape index (κ3) is 3.13. The first-order valence-corrected chi connectivity index (χ1v) is 9.40. The molecule has 0 spiro atoms. The van der Waals surface area contributed by atoms with Gasteiger partial charge in [-0.1, -0.05) is 23.2 Å². The summed E-state index contributed by atoms with van der Waals surface area (Å²) in [6.45, 7) is 0. The van der Waals surface area contributed by atoms with E-state index in [2.05, 4.69) is 0 Å². The van der Waals surface area contributed by atoms with Crippen LogP contribution in [0.15, 0.2) is 48.5 Å². The first kappa shape index (κ1) is 13.6. The van der Waals surface area contributed by atoms with E-state index in [-0.39, 0.29) is 0 Å².